The Labute approximate surface area is 135 Å². The maximum absolute atomic E-state index is 13.0. The molecule has 0 fully saturated rings. The number of sulfonamides is 1. The van der Waals surface area contributed by atoms with Gasteiger partial charge in [-0.1, -0.05) is 18.2 Å². The molecular weight excluding hydrogens is 314 g/mol. The standard InChI is InChI=1S/C16H19N3O3S/c1-11-8-12-6-4-5-7-14(12)19(11)16(20)15-9-13(10-18(15)3)23(21,22)17-2/h4-7,9-11,17H,8H2,1-3H3/t11-/m1/s1. The fourth-order valence-corrected chi connectivity index (χ4v) is 3.81. The van der Waals surface area contributed by atoms with E-state index >= 15 is 0 Å². The predicted molar refractivity (Wildman–Crippen MR) is 88.1 cm³/mol. The summed E-state index contributed by atoms with van der Waals surface area (Å²) < 4.78 is 27.7. The number of hydrogen-bond acceptors (Lipinski definition) is 3. The van der Waals surface area contributed by atoms with Gasteiger partial charge in [0, 0.05) is 25.0 Å². The topological polar surface area (TPSA) is 71.4 Å². The van der Waals surface area contributed by atoms with Crippen LogP contribution in [-0.2, 0) is 23.5 Å². The van der Waals surface area contributed by atoms with Gasteiger partial charge < -0.3 is 9.47 Å². The quantitative estimate of drug-likeness (QED) is 0.926. The van der Waals surface area contributed by atoms with E-state index in [1.807, 2.05) is 31.2 Å². The molecule has 3 rings (SSSR count). The molecule has 7 heteroatoms. The summed E-state index contributed by atoms with van der Waals surface area (Å²) in [6.07, 6.45) is 2.25. The van der Waals surface area contributed by atoms with Crippen LogP contribution in [0.4, 0.5) is 5.69 Å². The highest BCUT2D eigenvalue weighted by Gasteiger charge is 2.33. The number of aromatic nitrogens is 1. The van der Waals surface area contributed by atoms with Crippen LogP contribution in [0.25, 0.3) is 0 Å². The molecule has 0 unspecified atom stereocenters. The number of aryl methyl sites for hydroxylation is 1. The molecule has 1 amide bonds. The van der Waals surface area contributed by atoms with Crippen molar-refractivity contribution in [3.05, 3.63) is 47.8 Å². The maximum Gasteiger partial charge on any atom is 0.275 e. The number of amides is 1. The molecule has 1 N–H and O–H groups in total. The van der Waals surface area contributed by atoms with Crippen LogP contribution in [0.2, 0.25) is 0 Å². The van der Waals surface area contributed by atoms with Gasteiger partial charge in [-0.2, -0.15) is 0 Å². The molecule has 0 saturated carbocycles. The second-order valence-electron chi connectivity index (χ2n) is 5.74. The predicted octanol–water partition coefficient (Wildman–Crippen LogP) is 1.52. The van der Waals surface area contributed by atoms with Gasteiger partial charge in [-0.15, -0.1) is 0 Å². The summed E-state index contributed by atoms with van der Waals surface area (Å²) in [6.45, 7) is 1.99. The first-order chi connectivity index (χ1) is 10.8. The average Bonchev–Trinajstić information content (AvgIpc) is 3.06. The summed E-state index contributed by atoms with van der Waals surface area (Å²) in [4.78, 5) is 14.8. The Morgan fingerprint density at radius 2 is 2.00 bits per heavy atom. The van der Waals surface area contributed by atoms with E-state index in [-0.39, 0.29) is 16.8 Å². The van der Waals surface area contributed by atoms with Crippen LogP contribution in [0.15, 0.2) is 41.4 Å². The van der Waals surface area contributed by atoms with Crippen molar-refractivity contribution in [3.8, 4) is 0 Å². The summed E-state index contributed by atoms with van der Waals surface area (Å²) in [5.74, 6) is -0.192. The Morgan fingerprint density at radius 3 is 2.70 bits per heavy atom. The van der Waals surface area contributed by atoms with Gasteiger partial charge in [0.15, 0.2) is 0 Å². The molecule has 0 radical (unpaired) electrons. The van der Waals surface area contributed by atoms with Crippen molar-refractivity contribution in [3.63, 3.8) is 0 Å². The van der Waals surface area contributed by atoms with Gasteiger partial charge in [-0.25, -0.2) is 13.1 Å². The number of benzene rings is 1. The van der Waals surface area contributed by atoms with Gasteiger partial charge >= 0.3 is 0 Å². The second-order valence-corrected chi connectivity index (χ2v) is 7.62. The zero-order valence-electron chi connectivity index (χ0n) is 13.3. The third kappa shape index (κ3) is 2.55. The maximum atomic E-state index is 13.0. The minimum Gasteiger partial charge on any atom is -0.345 e. The second kappa shape index (κ2) is 5.50. The minimum atomic E-state index is -3.57. The Bertz CT molecular complexity index is 870. The van der Waals surface area contributed by atoms with Crippen molar-refractivity contribution in [2.45, 2.75) is 24.3 Å². The summed E-state index contributed by atoms with van der Waals surface area (Å²) in [5.41, 5.74) is 2.37. The lowest BCUT2D eigenvalue weighted by molar-refractivity contribution is 0.0973. The molecule has 2 aromatic rings. The number of anilines is 1. The highest BCUT2D eigenvalue weighted by atomic mass is 32.2. The monoisotopic (exact) mass is 333 g/mol. The van der Waals surface area contributed by atoms with Gasteiger partial charge in [-0.3, -0.25) is 4.79 Å². The summed E-state index contributed by atoms with van der Waals surface area (Å²) in [7, 11) is -0.548. The molecule has 2 heterocycles. The fourth-order valence-electron chi connectivity index (χ4n) is 3.01. The Hall–Kier alpha value is -2.12. The highest BCUT2D eigenvalue weighted by molar-refractivity contribution is 7.89. The van der Waals surface area contributed by atoms with Crippen LogP contribution in [0.5, 0.6) is 0 Å². The van der Waals surface area contributed by atoms with E-state index in [4.69, 9.17) is 0 Å². The molecule has 6 nitrogen and oxygen atoms in total. The van der Waals surface area contributed by atoms with Gasteiger partial charge in [0.25, 0.3) is 5.91 Å². The van der Waals surface area contributed by atoms with E-state index in [2.05, 4.69) is 4.72 Å². The highest BCUT2D eigenvalue weighted by Crippen LogP contribution is 2.33. The van der Waals surface area contributed by atoms with Crippen LogP contribution in [0, 0.1) is 0 Å². The Morgan fingerprint density at radius 1 is 1.30 bits per heavy atom. The van der Waals surface area contributed by atoms with E-state index < -0.39 is 10.0 Å². The SMILES string of the molecule is CNS(=O)(=O)c1cc(C(=O)N2c3ccccc3C[C@H]2C)n(C)c1. The number of hydrogen-bond donors (Lipinski definition) is 1. The van der Waals surface area contributed by atoms with Crippen molar-refractivity contribution < 1.29 is 13.2 Å². The zero-order valence-corrected chi connectivity index (χ0v) is 14.1. The van der Waals surface area contributed by atoms with Crippen molar-refractivity contribution in [2.24, 2.45) is 7.05 Å². The molecule has 0 spiro atoms. The van der Waals surface area contributed by atoms with Crippen molar-refractivity contribution in [2.75, 3.05) is 11.9 Å². The smallest absolute Gasteiger partial charge is 0.275 e. The molecular formula is C16H19N3O3S. The first-order valence-electron chi connectivity index (χ1n) is 7.36. The number of carbonyl (C=O) groups excluding carboxylic acids is 1. The van der Waals surface area contributed by atoms with Gasteiger partial charge in [-0.05, 0) is 38.1 Å². The molecule has 1 aliphatic heterocycles. The van der Waals surface area contributed by atoms with Crippen LogP contribution >= 0.6 is 0 Å². The first kappa shape index (κ1) is 15.8. The number of para-hydroxylation sites is 1. The number of fused-ring (bicyclic) bond motifs is 1. The van der Waals surface area contributed by atoms with Gasteiger partial charge in [0.2, 0.25) is 10.0 Å². The van der Waals surface area contributed by atoms with Crippen LogP contribution in [0.1, 0.15) is 23.0 Å². The van der Waals surface area contributed by atoms with E-state index in [1.54, 1.807) is 16.5 Å². The van der Waals surface area contributed by atoms with E-state index in [0.29, 0.717) is 5.69 Å². The molecule has 1 aromatic carbocycles. The van der Waals surface area contributed by atoms with E-state index in [9.17, 15) is 13.2 Å². The average molecular weight is 333 g/mol. The van der Waals surface area contributed by atoms with E-state index in [0.717, 1.165) is 17.7 Å². The molecule has 1 aliphatic rings. The molecule has 0 aliphatic carbocycles. The summed E-state index contributed by atoms with van der Waals surface area (Å²) >= 11 is 0. The Balaban J connectivity index is 2.02. The first-order valence-corrected chi connectivity index (χ1v) is 8.85. The van der Waals surface area contributed by atoms with Crippen LogP contribution in [0.3, 0.4) is 0 Å². The number of carbonyl (C=O) groups is 1. The Kier molecular flexibility index (Phi) is 3.77. The number of rotatable bonds is 3. The normalized spacial score (nSPS) is 17.3. The summed E-state index contributed by atoms with van der Waals surface area (Å²) in [5, 5.41) is 0. The fraction of sp³-hybridized carbons (Fsp3) is 0.312. The lowest BCUT2D eigenvalue weighted by Gasteiger charge is -2.22. The third-order valence-electron chi connectivity index (χ3n) is 4.20. The number of nitrogens with zero attached hydrogens (tertiary/aromatic N) is 2. The zero-order chi connectivity index (χ0) is 16.8. The third-order valence-corrected chi connectivity index (χ3v) is 5.59. The lowest BCUT2D eigenvalue weighted by atomic mass is 10.1. The van der Waals surface area contributed by atoms with Gasteiger partial charge in [0.05, 0.1) is 0 Å². The largest absolute Gasteiger partial charge is 0.345 e. The molecule has 0 bridgehead atoms. The minimum absolute atomic E-state index is 0.0409. The molecule has 1 atom stereocenters. The van der Waals surface area contributed by atoms with Crippen molar-refractivity contribution >= 4 is 21.6 Å². The number of nitrogens with one attached hydrogen (secondary N) is 1. The van der Waals surface area contributed by atoms with Crippen LogP contribution in [-0.4, -0.2) is 32.0 Å². The van der Waals surface area contributed by atoms with Crippen molar-refractivity contribution in [1.82, 2.24) is 9.29 Å². The van der Waals surface area contributed by atoms with Gasteiger partial charge in [0.1, 0.15) is 10.6 Å². The molecule has 23 heavy (non-hydrogen) atoms. The van der Waals surface area contributed by atoms with Crippen molar-refractivity contribution in [1.29, 1.82) is 0 Å². The molecule has 0 saturated heterocycles. The lowest BCUT2D eigenvalue weighted by Crippen LogP contribution is -2.36. The summed E-state index contributed by atoms with van der Waals surface area (Å²) in [6, 6.07) is 9.26. The van der Waals surface area contributed by atoms with E-state index in [1.165, 1.54) is 19.3 Å². The molecule has 1 aromatic heterocycles. The molecule has 122 valence electrons. The van der Waals surface area contributed by atoms with Crippen LogP contribution < -0.4 is 9.62 Å².